The molecule has 3 rings (SSSR count). The minimum absolute atomic E-state index is 0. The summed E-state index contributed by atoms with van der Waals surface area (Å²) in [7, 11) is 0. The Bertz CT molecular complexity index is 504. The van der Waals surface area contributed by atoms with Crippen LogP contribution in [-0.2, 0) is 25.8 Å². The summed E-state index contributed by atoms with van der Waals surface area (Å²) in [5.41, 5.74) is 5.61. The van der Waals surface area contributed by atoms with Gasteiger partial charge in [0.05, 0.1) is 0 Å². The Labute approximate surface area is 187 Å². The third-order valence-corrected chi connectivity index (χ3v) is 3.48. The van der Waals surface area contributed by atoms with E-state index < -0.39 is 0 Å². The molecule has 0 aromatic heterocycles. The average molecular weight is 520 g/mol. The molecule has 0 heterocycles. The van der Waals surface area contributed by atoms with Crippen LogP contribution in [0.4, 0.5) is 0 Å². The van der Waals surface area contributed by atoms with Crippen LogP contribution in [0, 0.1) is 71.9 Å². The van der Waals surface area contributed by atoms with Crippen LogP contribution in [0.3, 0.4) is 0 Å². The first kappa shape index (κ1) is 44.5. The summed E-state index contributed by atoms with van der Waals surface area (Å²) in [5, 5.41) is 0. The third-order valence-electron chi connectivity index (χ3n) is 3.48. The number of hydrogen-bond donors (Lipinski definition) is 0. The predicted molar refractivity (Wildman–Crippen MR) is 124 cm³/mol. The fourth-order valence-corrected chi connectivity index (χ4v) is 2.23. The van der Waals surface area contributed by atoms with Gasteiger partial charge in [-0.3, -0.25) is 6.08 Å². The van der Waals surface area contributed by atoms with Gasteiger partial charge in [-0.25, -0.2) is 18.2 Å². The summed E-state index contributed by atoms with van der Waals surface area (Å²) >= 11 is 0. The first-order chi connectivity index (χ1) is 8.72. The molecule has 1 atom stereocenters. The first-order valence-electron chi connectivity index (χ1n) is 6.59. The molecule has 1 aliphatic rings. The van der Waals surface area contributed by atoms with Gasteiger partial charge in [-0.05, 0) is 13.8 Å². The van der Waals surface area contributed by atoms with Crippen LogP contribution in [0.25, 0.3) is 6.08 Å². The molecular formula is C25H41Hf-9. The minimum Gasteiger partial charge on any atom is -0.358 e. The summed E-state index contributed by atoms with van der Waals surface area (Å²) < 4.78 is 0. The number of hydrogen-bond acceptors (Lipinski definition) is 0. The van der Waals surface area contributed by atoms with Crippen LogP contribution >= 0.6 is 0 Å². The molecule has 0 amide bonds. The van der Waals surface area contributed by atoms with Crippen molar-refractivity contribution in [2.24, 2.45) is 0 Å². The topological polar surface area (TPSA) is 0 Å². The van der Waals surface area contributed by atoms with Crippen molar-refractivity contribution in [1.82, 2.24) is 0 Å². The molecule has 0 N–H and O–H groups in total. The molecule has 0 bridgehead atoms. The van der Waals surface area contributed by atoms with Crippen molar-refractivity contribution in [2.45, 2.75) is 33.1 Å². The van der Waals surface area contributed by atoms with Crippen molar-refractivity contribution >= 4 is 6.08 Å². The number of aryl methyl sites for hydroxylation is 2. The normalized spacial score (nSPS) is 11.1. The van der Waals surface area contributed by atoms with Gasteiger partial charge in [0.15, 0.2) is 0 Å². The smallest absolute Gasteiger partial charge is 0 e. The Morgan fingerprint density at radius 2 is 1.31 bits per heavy atom. The van der Waals surface area contributed by atoms with Crippen LogP contribution in [-0.4, -0.2) is 0 Å². The summed E-state index contributed by atoms with van der Waals surface area (Å²) in [4.78, 5) is 0. The largest absolute Gasteiger partial charge is 0.358 e. The maximum absolute atomic E-state index is 3.40. The Morgan fingerprint density at radius 1 is 0.846 bits per heavy atom. The zero-order chi connectivity index (χ0) is 13.0. The van der Waals surface area contributed by atoms with Crippen molar-refractivity contribution in [3.63, 3.8) is 0 Å². The molecular weight excluding hydrogens is 479 g/mol. The molecule has 154 valence electrons. The van der Waals surface area contributed by atoms with Gasteiger partial charge in [-0.15, -0.1) is 11.6 Å². The van der Waals surface area contributed by atoms with Crippen molar-refractivity contribution in [1.29, 1.82) is 0 Å². The number of benzene rings is 1. The van der Waals surface area contributed by atoms with Gasteiger partial charge in [0.1, 0.15) is 0 Å². The van der Waals surface area contributed by atoms with Crippen LogP contribution in [0.2, 0.25) is 0 Å². The van der Waals surface area contributed by atoms with Crippen molar-refractivity contribution < 1.29 is 25.8 Å². The fourth-order valence-electron chi connectivity index (χ4n) is 2.23. The molecule has 0 nitrogen and oxygen atoms in total. The molecule has 0 radical (unpaired) electrons. The second kappa shape index (κ2) is 22.2. The van der Waals surface area contributed by atoms with Crippen LogP contribution in [0.5, 0.6) is 0 Å². The molecule has 0 aliphatic heterocycles. The average Bonchev–Trinajstić information content (AvgIpc) is 3.02. The summed E-state index contributed by atoms with van der Waals surface area (Å²) in [5.74, 6) is 0.536. The van der Waals surface area contributed by atoms with E-state index in [0.717, 1.165) is 6.42 Å². The molecule has 26 heavy (non-hydrogen) atoms. The van der Waals surface area contributed by atoms with E-state index in [4.69, 9.17) is 0 Å². The number of rotatable bonds is 1. The van der Waals surface area contributed by atoms with Gasteiger partial charge < -0.3 is 52.0 Å². The van der Waals surface area contributed by atoms with Crippen molar-refractivity contribution in [2.75, 3.05) is 0 Å². The summed E-state index contributed by atoms with van der Waals surface area (Å²) in [6, 6.07) is 14.6. The Morgan fingerprint density at radius 3 is 1.69 bits per heavy atom. The van der Waals surface area contributed by atoms with E-state index in [1.54, 1.807) is 0 Å². The van der Waals surface area contributed by atoms with E-state index >= 15 is 0 Å². The second-order valence-corrected chi connectivity index (χ2v) is 4.80. The van der Waals surface area contributed by atoms with Gasteiger partial charge in [-0.2, -0.15) is 23.8 Å². The summed E-state index contributed by atoms with van der Waals surface area (Å²) in [6.07, 6.45) is 6.69. The molecule has 0 fully saturated rings. The molecule has 2 aromatic rings. The molecule has 1 aliphatic carbocycles. The number of fused-ring (bicyclic) bond motifs is 1. The Hall–Kier alpha value is -0.820. The molecule has 0 saturated carbocycles. The van der Waals surface area contributed by atoms with E-state index in [1.807, 2.05) is 30.3 Å². The van der Waals surface area contributed by atoms with Crippen LogP contribution in [0.15, 0.2) is 42.5 Å². The van der Waals surface area contributed by atoms with E-state index in [-0.39, 0.29) is 77.8 Å². The van der Waals surface area contributed by atoms with Gasteiger partial charge in [-0.1, -0.05) is 36.5 Å². The monoisotopic (exact) mass is 521 g/mol. The van der Waals surface area contributed by atoms with Crippen LogP contribution in [0.1, 0.15) is 41.5 Å². The Kier molecular flexibility index (Phi) is 38.1. The SMILES string of the molecule is CCC1[C-]=Cc2cc(C)c(C)cc21.[CH3-].[CH3-].[CH3-].[CH3-].[CH3-].[CH3-].[CH3-].[Hf].c1cc[cH-]c1. The second-order valence-electron chi connectivity index (χ2n) is 4.80. The number of allylic oxidation sites excluding steroid dienone is 1. The third kappa shape index (κ3) is 11.7. The standard InChI is InChI=1S/C13H15.C5H5.7CH3.Hf/c1-4-11-5-6-12-7-9(2)10(3)8-13(11)12;1-2-4-5-3-1;;;;;;;;/h6-8,11H,4H2,1-3H3;1-5H;7*1H3;/q9*-1;. The van der Waals surface area contributed by atoms with Crippen molar-refractivity contribution in [3.8, 4) is 0 Å². The predicted octanol–water partition coefficient (Wildman–Crippen LogP) is 8.18. The van der Waals surface area contributed by atoms with E-state index in [9.17, 15) is 0 Å². The zero-order valence-corrected chi connectivity index (χ0v) is 22.5. The van der Waals surface area contributed by atoms with E-state index in [0.29, 0.717) is 5.92 Å². The maximum atomic E-state index is 3.40. The Balaban J connectivity index is -0.0000000500. The molecule has 0 saturated heterocycles. The quantitative estimate of drug-likeness (QED) is 0.263. The van der Waals surface area contributed by atoms with Gasteiger partial charge in [0.2, 0.25) is 0 Å². The first-order valence-corrected chi connectivity index (χ1v) is 6.59. The van der Waals surface area contributed by atoms with E-state index in [2.05, 4.69) is 45.1 Å². The molecule has 1 heteroatoms. The van der Waals surface area contributed by atoms with E-state index in [1.165, 1.54) is 22.3 Å². The van der Waals surface area contributed by atoms with Gasteiger partial charge in [0.25, 0.3) is 0 Å². The summed E-state index contributed by atoms with van der Waals surface area (Å²) in [6.45, 7) is 6.57. The minimum atomic E-state index is 0. The van der Waals surface area contributed by atoms with Crippen molar-refractivity contribution in [3.05, 3.63) is 123 Å². The molecule has 1 unspecified atom stereocenters. The van der Waals surface area contributed by atoms with Gasteiger partial charge in [0, 0.05) is 25.8 Å². The van der Waals surface area contributed by atoms with Crippen LogP contribution < -0.4 is 0 Å². The van der Waals surface area contributed by atoms with Gasteiger partial charge >= 0.3 is 0 Å². The molecule has 0 spiro atoms. The maximum Gasteiger partial charge on any atom is 0 e. The fraction of sp³-hybridized carbons (Fsp3) is 0.200. The molecule has 2 aromatic carbocycles. The zero-order valence-electron chi connectivity index (χ0n) is 18.9.